The highest BCUT2D eigenvalue weighted by molar-refractivity contribution is 14.1. The summed E-state index contributed by atoms with van der Waals surface area (Å²) >= 11 is 9.88. The van der Waals surface area contributed by atoms with Gasteiger partial charge in [-0.15, -0.1) is 0 Å². The molecule has 0 atom stereocenters. The maximum Gasteiger partial charge on any atom is 0.0822 e. The third kappa shape index (κ3) is 8.66. The molecule has 466 valence electrons. The third-order valence-electron chi connectivity index (χ3n) is 21.1. The van der Waals surface area contributed by atoms with Crippen LogP contribution in [0.4, 0.5) is 0 Å². The molecular weight excluding hydrogens is 1670 g/mol. The van der Waals surface area contributed by atoms with E-state index in [1.165, 1.54) is 43.1 Å². The molecule has 2 aromatic heterocycles. The van der Waals surface area contributed by atoms with Crippen LogP contribution in [0, 0.1) is 14.3 Å². The van der Waals surface area contributed by atoms with Gasteiger partial charge in [0.05, 0.1) is 44.8 Å². The van der Waals surface area contributed by atoms with E-state index in [-0.39, 0.29) is 0 Å². The van der Waals surface area contributed by atoms with Crippen LogP contribution in [0.3, 0.4) is 0 Å². The number of benzene rings is 16. The second kappa shape index (κ2) is 22.8. The van der Waals surface area contributed by atoms with E-state index in [4.69, 9.17) is 9.97 Å². The van der Waals surface area contributed by atoms with Gasteiger partial charge in [0.25, 0.3) is 0 Å². The monoisotopic (exact) mass is 1720 g/mol. The number of rotatable bonds is 4. The van der Waals surface area contributed by atoms with Crippen molar-refractivity contribution < 1.29 is 0 Å². The highest BCUT2D eigenvalue weighted by atomic mass is 127. The molecule has 1 aliphatic carbocycles. The number of nitrogens with zero attached hydrogens (tertiary/aromatic N) is 2. The van der Waals surface area contributed by atoms with Gasteiger partial charge in [-0.1, -0.05) is 243 Å². The summed E-state index contributed by atoms with van der Waals surface area (Å²) in [7, 11) is 0. The van der Waals surface area contributed by atoms with Gasteiger partial charge in [-0.2, -0.15) is 0 Å². The highest BCUT2D eigenvalue weighted by Gasteiger charge is 2.35. The van der Waals surface area contributed by atoms with Gasteiger partial charge in [0.15, 0.2) is 0 Å². The third-order valence-corrected chi connectivity index (χ3v) is 24.0. The molecule has 0 fully saturated rings. The first-order valence-electron chi connectivity index (χ1n) is 33.6. The van der Waals surface area contributed by atoms with Crippen molar-refractivity contribution >= 4 is 220 Å². The lowest BCUT2D eigenvalue weighted by Gasteiger charge is -2.15. The van der Waals surface area contributed by atoms with Crippen LogP contribution < -0.4 is 0 Å². The van der Waals surface area contributed by atoms with Gasteiger partial charge in [0.2, 0.25) is 0 Å². The fourth-order valence-electron chi connectivity index (χ4n) is 17.1. The molecule has 0 saturated carbocycles. The van der Waals surface area contributed by atoms with Crippen LogP contribution in [0.1, 0.15) is 0 Å². The van der Waals surface area contributed by atoms with Crippen molar-refractivity contribution in [3.8, 4) is 89.5 Å². The molecule has 0 unspecified atom stereocenters. The minimum Gasteiger partial charge on any atom is -0.353 e. The van der Waals surface area contributed by atoms with Crippen LogP contribution in [-0.2, 0) is 0 Å². The lowest BCUT2D eigenvalue weighted by atomic mass is 9.85. The average Bonchev–Trinajstić information content (AvgIpc) is 1.53. The average molecular weight is 1720 g/mol. The number of fused-ring (bicyclic) bond motifs is 12. The Morgan fingerprint density at radius 2 is 0.330 bits per heavy atom. The molecular formula is C92H50I4N4. The first-order chi connectivity index (χ1) is 49.3. The number of halogens is 4. The van der Waals surface area contributed by atoms with Gasteiger partial charge in [-0.05, 0) is 247 Å². The van der Waals surface area contributed by atoms with Gasteiger partial charge in [0.1, 0.15) is 0 Å². The predicted octanol–water partition coefficient (Wildman–Crippen LogP) is 27.6. The van der Waals surface area contributed by atoms with Crippen LogP contribution in [0.5, 0.6) is 0 Å². The van der Waals surface area contributed by atoms with Crippen molar-refractivity contribution in [1.29, 1.82) is 0 Å². The van der Waals surface area contributed by atoms with E-state index in [0.717, 1.165) is 191 Å². The minimum absolute atomic E-state index is 0.889. The van der Waals surface area contributed by atoms with E-state index in [0.29, 0.717) is 0 Å². The summed E-state index contributed by atoms with van der Waals surface area (Å²) in [6, 6.07) is 109. The number of aromatic nitrogens is 4. The SMILES string of the molecule is Ic1ccc(-c2c3nc(c(-c4ccc(I)cc4)c4[nH]c(c(-c5ccc(I)cc5)c5nc(c(-c6ccc(I)cc6)c6[nH]c2c2c7ccccc7c7ccccc7c62)-c2c-5c5ccccc5c5ccccc25)c2c5ccccc5c5ccccc5c42)-c2c-3c3ccccc3c3ccccc23)cc1. The van der Waals surface area contributed by atoms with E-state index in [1.54, 1.807) is 0 Å². The number of H-pyrrole nitrogens is 2. The first kappa shape index (κ1) is 59.1. The highest BCUT2D eigenvalue weighted by Crippen LogP contribution is 2.59. The number of aromatic amines is 2. The number of hydrogen-bond acceptors (Lipinski definition) is 2. The van der Waals surface area contributed by atoms with E-state index in [2.05, 4.69) is 392 Å². The molecule has 0 amide bonds. The fraction of sp³-hybridized carbons (Fsp3) is 0. The molecule has 0 saturated heterocycles. The maximum absolute atomic E-state index is 6.60. The van der Waals surface area contributed by atoms with Crippen molar-refractivity contribution in [3.05, 3.63) is 305 Å². The van der Waals surface area contributed by atoms with E-state index in [1.807, 2.05) is 0 Å². The Bertz CT molecular complexity index is 6200. The molecule has 0 spiro atoms. The predicted molar refractivity (Wildman–Crippen MR) is 458 cm³/mol. The molecule has 4 nitrogen and oxygen atoms in total. The summed E-state index contributed by atoms with van der Waals surface area (Å²) in [5.74, 6) is 0. The Hall–Kier alpha value is -9.84. The lowest BCUT2D eigenvalue weighted by molar-refractivity contribution is 1.40. The van der Waals surface area contributed by atoms with E-state index in [9.17, 15) is 0 Å². The Morgan fingerprint density at radius 3 is 0.520 bits per heavy atom. The van der Waals surface area contributed by atoms with Crippen LogP contribution in [0.15, 0.2) is 291 Å². The molecule has 8 heteroatoms. The molecule has 2 N–H and O–H groups in total. The second-order valence-electron chi connectivity index (χ2n) is 26.3. The summed E-state index contributed by atoms with van der Waals surface area (Å²) in [6.45, 7) is 0. The number of nitrogens with one attached hydrogen (secondary N) is 2. The molecule has 21 rings (SSSR count). The fourth-order valence-corrected chi connectivity index (χ4v) is 18.5. The van der Waals surface area contributed by atoms with Crippen LogP contribution in [0.2, 0.25) is 0 Å². The summed E-state index contributed by atoms with van der Waals surface area (Å²) < 4.78 is 4.57. The quantitative estimate of drug-likeness (QED) is 0.136. The van der Waals surface area contributed by atoms with Crippen molar-refractivity contribution in [3.63, 3.8) is 0 Å². The molecule has 8 bridgehead atoms. The van der Waals surface area contributed by atoms with Crippen molar-refractivity contribution in [2.24, 2.45) is 0 Å². The molecule has 0 radical (unpaired) electrons. The molecule has 100 heavy (non-hydrogen) atoms. The van der Waals surface area contributed by atoms with Crippen molar-refractivity contribution in [2.45, 2.75) is 0 Å². The minimum atomic E-state index is 0.889. The van der Waals surface area contributed by atoms with Gasteiger partial charge in [-0.25, -0.2) is 9.97 Å². The Balaban J connectivity index is 1.18. The van der Waals surface area contributed by atoms with Gasteiger partial charge >= 0.3 is 0 Å². The normalized spacial score (nSPS) is 12.2. The van der Waals surface area contributed by atoms with Crippen molar-refractivity contribution in [1.82, 2.24) is 19.9 Å². The molecule has 18 aromatic rings. The summed E-state index contributed by atoms with van der Waals surface area (Å²) in [5.41, 5.74) is 20.0. The summed E-state index contributed by atoms with van der Waals surface area (Å²) in [4.78, 5) is 22.3. The summed E-state index contributed by atoms with van der Waals surface area (Å²) in [5, 5.41) is 22.9. The van der Waals surface area contributed by atoms with Gasteiger partial charge in [-0.3, -0.25) is 0 Å². The van der Waals surface area contributed by atoms with E-state index < -0.39 is 0 Å². The van der Waals surface area contributed by atoms with Crippen LogP contribution >= 0.6 is 90.4 Å². The van der Waals surface area contributed by atoms with Gasteiger partial charge < -0.3 is 9.97 Å². The zero-order valence-electron chi connectivity index (χ0n) is 53.1. The van der Waals surface area contributed by atoms with Gasteiger partial charge in [0, 0.05) is 80.3 Å². The smallest absolute Gasteiger partial charge is 0.0822 e. The topological polar surface area (TPSA) is 57.4 Å². The summed E-state index contributed by atoms with van der Waals surface area (Å²) in [6.07, 6.45) is 0. The number of hydrogen-bond donors (Lipinski definition) is 2. The Labute approximate surface area is 628 Å². The first-order valence-corrected chi connectivity index (χ1v) is 37.9. The Morgan fingerprint density at radius 1 is 0.170 bits per heavy atom. The van der Waals surface area contributed by atoms with E-state index >= 15 is 0 Å². The Kier molecular flexibility index (Phi) is 13.5. The lowest BCUT2D eigenvalue weighted by Crippen LogP contribution is -1.91. The van der Waals surface area contributed by atoms with Crippen LogP contribution in [-0.4, -0.2) is 19.9 Å². The molecule has 3 aliphatic rings. The molecule has 16 aromatic carbocycles. The molecule has 4 heterocycles. The molecule has 2 aliphatic heterocycles. The zero-order chi connectivity index (χ0) is 66.2. The largest absolute Gasteiger partial charge is 0.353 e. The van der Waals surface area contributed by atoms with Crippen molar-refractivity contribution in [2.75, 3.05) is 0 Å². The van der Waals surface area contributed by atoms with Crippen LogP contribution in [0.25, 0.3) is 219 Å². The second-order valence-corrected chi connectivity index (χ2v) is 31.2. The standard InChI is InChI=1S/C92H50I4N4/c93-53-41-33-49(34-42-53)73-85-77-65-25-9-1-17-57(65)58-18-2-10-26-66(58)78(77)86(97-85)74(50-35-43-54(94)44-36-50)88-81-69-29-13-5-21-61(69)62-22-6-14-30-70(62)82(81)90(99-88)76(52-39-47-56(96)48-40-52)92-84-72-32-16-8-24-64(72)63-23-7-15-31-71(63)83(84)91(100-92)75(51-37-45-55(95)46-38-51)89-80-68-28-12-4-20-60(68)59-19-3-11-27-67(59)79(80)87(73)98-89/h1-48,97,100H. The zero-order valence-corrected chi connectivity index (χ0v) is 61.7. The maximum atomic E-state index is 6.60.